The lowest BCUT2D eigenvalue weighted by molar-refractivity contribution is -0.161. The number of rotatable bonds is 5. The van der Waals surface area contributed by atoms with Crippen LogP contribution in [0.15, 0.2) is 0 Å². The van der Waals surface area contributed by atoms with E-state index in [1.807, 2.05) is 20.8 Å². The van der Waals surface area contributed by atoms with Gasteiger partial charge in [-0.3, -0.25) is 0 Å². The van der Waals surface area contributed by atoms with Crippen molar-refractivity contribution in [3.63, 3.8) is 0 Å². The van der Waals surface area contributed by atoms with Crippen molar-refractivity contribution in [1.29, 1.82) is 0 Å². The van der Waals surface area contributed by atoms with E-state index < -0.39 is 6.10 Å². The molecular formula is C9H19NO3. The van der Waals surface area contributed by atoms with Crippen molar-refractivity contribution in [1.82, 2.24) is 0 Å². The summed E-state index contributed by atoms with van der Waals surface area (Å²) >= 11 is 0. The van der Waals surface area contributed by atoms with E-state index in [1.165, 1.54) is 7.11 Å². The highest BCUT2D eigenvalue weighted by molar-refractivity contribution is 5.75. The van der Waals surface area contributed by atoms with Crippen LogP contribution in [0.1, 0.15) is 20.8 Å². The number of carbonyl (C=O) groups excluding carboxylic acids is 1. The van der Waals surface area contributed by atoms with E-state index in [9.17, 15) is 4.79 Å². The molecule has 4 heteroatoms. The van der Waals surface area contributed by atoms with Crippen molar-refractivity contribution < 1.29 is 14.3 Å². The van der Waals surface area contributed by atoms with Gasteiger partial charge in [0.15, 0.2) is 6.10 Å². The monoisotopic (exact) mass is 189 g/mol. The van der Waals surface area contributed by atoms with Crippen LogP contribution in [0.25, 0.3) is 0 Å². The maximum Gasteiger partial charge on any atom is 0.336 e. The van der Waals surface area contributed by atoms with Gasteiger partial charge in [0.2, 0.25) is 0 Å². The van der Waals surface area contributed by atoms with Gasteiger partial charge in [-0.1, -0.05) is 13.8 Å². The van der Waals surface area contributed by atoms with Crippen molar-refractivity contribution in [2.24, 2.45) is 11.7 Å². The maximum atomic E-state index is 11.3. The topological polar surface area (TPSA) is 61.5 Å². The van der Waals surface area contributed by atoms with Crippen LogP contribution in [0.5, 0.6) is 0 Å². The third kappa shape index (κ3) is 4.24. The number of methoxy groups -OCH3 is 1. The molecule has 0 aromatic heterocycles. The SMILES string of the molecule is COC(CN)C(=O)OC(C)C(C)C. The zero-order valence-corrected chi connectivity index (χ0v) is 8.74. The van der Waals surface area contributed by atoms with Crippen molar-refractivity contribution in [3.8, 4) is 0 Å². The van der Waals surface area contributed by atoms with Gasteiger partial charge in [-0.15, -0.1) is 0 Å². The van der Waals surface area contributed by atoms with Gasteiger partial charge in [-0.2, -0.15) is 0 Å². The van der Waals surface area contributed by atoms with E-state index in [1.54, 1.807) is 0 Å². The second-order valence-corrected chi connectivity index (χ2v) is 3.35. The fourth-order valence-corrected chi connectivity index (χ4v) is 0.684. The molecule has 0 bridgehead atoms. The predicted molar refractivity (Wildman–Crippen MR) is 50.2 cm³/mol. The Morgan fingerprint density at radius 2 is 1.92 bits per heavy atom. The Bertz CT molecular complexity index is 155. The van der Waals surface area contributed by atoms with E-state index in [4.69, 9.17) is 15.2 Å². The number of nitrogens with two attached hydrogens (primary N) is 1. The molecule has 0 rings (SSSR count). The Morgan fingerprint density at radius 1 is 1.38 bits per heavy atom. The van der Waals surface area contributed by atoms with Crippen LogP contribution in [0.3, 0.4) is 0 Å². The van der Waals surface area contributed by atoms with Crippen LogP contribution in [-0.2, 0) is 14.3 Å². The van der Waals surface area contributed by atoms with Crippen LogP contribution in [0.4, 0.5) is 0 Å². The van der Waals surface area contributed by atoms with E-state index >= 15 is 0 Å². The fourth-order valence-electron chi connectivity index (χ4n) is 0.684. The van der Waals surface area contributed by atoms with Gasteiger partial charge in [0.25, 0.3) is 0 Å². The molecule has 0 heterocycles. The minimum Gasteiger partial charge on any atom is -0.460 e. The van der Waals surface area contributed by atoms with Crippen molar-refractivity contribution >= 4 is 5.97 Å². The van der Waals surface area contributed by atoms with Crippen LogP contribution >= 0.6 is 0 Å². The summed E-state index contributed by atoms with van der Waals surface area (Å²) in [5.41, 5.74) is 5.31. The Labute approximate surface area is 79.4 Å². The normalized spacial score (nSPS) is 15.5. The van der Waals surface area contributed by atoms with Gasteiger partial charge in [-0.25, -0.2) is 4.79 Å². The van der Waals surface area contributed by atoms with E-state index in [0.717, 1.165) is 0 Å². The Hall–Kier alpha value is -0.610. The molecule has 0 amide bonds. The third-order valence-electron chi connectivity index (χ3n) is 2.00. The summed E-state index contributed by atoms with van der Waals surface area (Å²) in [6.45, 7) is 5.98. The molecule has 78 valence electrons. The molecule has 0 radical (unpaired) electrons. The van der Waals surface area contributed by atoms with Crippen molar-refractivity contribution in [2.75, 3.05) is 13.7 Å². The zero-order valence-electron chi connectivity index (χ0n) is 8.74. The van der Waals surface area contributed by atoms with E-state index in [-0.39, 0.29) is 18.6 Å². The molecule has 0 aliphatic carbocycles. The van der Waals surface area contributed by atoms with Crippen LogP contribution in [0.2, 0.25) is 0 Å². The third-order valence-corrected chi connectivity index (χ3v) is 2.00. The molecule has 13 heavy (non-hydrogen) atoms. The molecule has 0 aliphatic heterocycles. The number of hydrogen-bond donors (Lipinski definition) is 1. The Kier molecular flexibility index (Phi) is 5.66. The summed E-state index contributed by atoms with van der Waals surface area (Å²) in [5, 5.41) is 0. The number of esters is 1. The summed E-state index contributed by atoms with van der Waals surface area (Å²) in [6.07, 6.45) is -0.738. The molecule has 0 saturated heterocycles. The molecule has 0 spiro atoms. The standard InChI is InChI=1S/C9H19NO3/c1-6(2)7(3)13-9(11)8(5-10)12-4/h6-8H,5,10H2,1-4H3. The van der Waals surface area contributed by atoms with E-state index in [0.29, 0.717) is 5.92 Å². The minimum atomic E-state index is -0.638. The molecule has 0 aromatic rings. The second kappa shape index (κ2) is 5.94. The fraction of sp³-hybridized carbons (Fsp3) is 0.889. The van der Waals surface area contributed by atoms with Gasteiger partial charge in [0.05, 0.1) is 0 Å². The minimum absolute atomic E-state index is 0.100. The van der Waals surface area contributed by atoms with Crippen LogP contribution < -0.4 is 5.73 Å². The highest BCUT2D eigenvalue weighted by Crippen LogP contribution is 2.07. The second-order valence-electron chi connectivity index (χ2n) is 3.35. The quantitative estimate of drug-likeness (QED) is 0.641. The lowest BCUT2D eigenvalue weighted by Gasteiger charge is -2.19. The van der Waals surface area contributed by atoms with Crippen LogP contribution in [-0.4, -0.2) is 31.8 Å². The Morgan fingerprint density at radius 3 is 2.23 bits per heavy atom. The smallest absolute Gasteiger partial charge is 0.336 e. The number of ether oxygens (including phenoxy) is 2. The molecule has 0 aromatic carbocycles. The lowest BCUT2D eigenvalue weighted by Crippen LogP contribution is -2.35. The van der Waals surface area contributed by atoms with Gasteiger partial charge in [0, 0.05) is 13.7 Å². The highest BCUT2D eigenvalue weighted by Gasteiger charge is 2.21. The first-order valence-corrected chi connectivity index (χ1v) is 4.46. The molecule has 0 fully saturated rings. The largest absolute Gasteiger partial charge is 0.460 e. The van der Waals surface area contributed by atoms with E-state index in [2.05, 4.69) is 0 Å². The first kappa shape index (κ1) is 12.4. The average molecular weight is 189 g/mol. The van der Waals surface area contributed by atoms with Gasteiger partial charge in [-0.05, 0) is 12.8 Å². The van der Waals surface area contributed by atoms with Gasteiger partial charge < -0.3 is 15.2 Å². The predicted octanol–water partition coefficient (Wildman–Crippen LogP) is 0.548. The summed E-state index contributed by atoms with van der Waals surface area (Å²) in [5.74, 6) is -0.0783. The molecule has 2 N–H and O–H groups in total. The number of hydrogen-bond acceptors (Lipinski definition) is 4. The summed E-state index contributed by atoms with van der Waals surface area (Å²) < 4.78 is 9.95. The summed E-state index contributed by atoms with van der Waals surface area (Å²) in [6, 6.07) is 0. The lowest BCUT2D eigenvalue weighted by atomic mass is 10.1. The molecule has 4 nitrogen and oxygen atoms in total. The Balaban J connectivity index is 3.98. The van der Waals surface area contributed by atoms with Gasteiger partial charge in [0.1, 0.15) is 6.10 Å². The summed E-state index contributed by atoms with van der Waals surface area (Å²) in [7, 11) is 1.44. The van der Waals surface area contributed by atoms with Gasteiger partial charge >= 0.3 is 5.97 Å². The molecule has 0 saturated carbocycles. The first-order chi connectivity index (χ1) is 6.02. The molecular weight excluding hydrogens is 170 g/mol. The van der Waals surface area contributed by atoms with Crippen molar-refractivity contribution in [2.45, 2.75) is 33.0 Å². The van der Waals surface area contributed by atoms with Crippen LogP contribution in [0, 0.1) is 5.92 Å². The summed E-state index contributed by atoms with van der Waals surface area (Å²) in [4.78, 5) is 11.3. The maximum absolute atomic E-state index is 11.3. The highest BCUT2D eigenvalue weighted by atomic mass is 16.6. The average Bonchev–Trinajstić information content (AvgIpc) is 2.06. The molecule has 2 atom stereocenters. The number of carbonyl (C=O) groups is 1. The zero-order chi connectivity index (χ0) is 10.4. The molecule has 0 aliphatic rings. The first-order valence-electron chi connectivity index (χ1n) is 4.46. The molecule has 2 unspecified atom stereocenters. The van der Waals surface area contributed by atoms with Crippen molar-refractivity contribution in [3.05, 3.63) is 0 Å².